The summed E-state index contributed by atoms with van der Waals surface area (Å²) in [5.74, 6) is 0.543. The lowest BCUT2D eigenvalue weighted by molar-refractivity contribution is 0.274. The molecule has 0 saturated carbocycles. The molecule has 1 rings (SSSR count). The predicted molar refractivity (Wildman–Crippen MR) is 76.0 cm³/mol. The number of nitrogens with zero attached hydrogens (tertiary/aromatic N) is 2. The van der Waals surface area contributed by atoms with Crippen LogP contribution in [-0.2, 0) is 5.41 Å². The molecule has 1 aromatic heterocycles. The molecule has 2 N–H and O–H groups in total. The summed E-state index contributed by atoms with van der Waals surface area (Å²) in [6.45, 7) is 8.06. The van der Waals surface area contributed by atoms with Crippen molar-refractivity contribution in [2.45, 2.75) is 32.6 Å². The molecule has 0 amide bonds. The molecule has 0 radical (unpaired) electrons. The first-order valence-electron chi connectivity index (χ1n) is 6.34. The van der Waals surface area contributed by atoms with Crippen molar-refractivity contribution in [3.8, 4) is 5.88 Å². The summed E-state index contributed by atoms with van der Waals surface area (Å²) in [6.07, 6.45) is 2.81. The minimum absolute atomic E-state index is 0.0601. The van der Waals surface area contributed by atoms with Crippen LogP contribution < -0.4 is 10.5 Å². The summed E-state index contributed by atoms with van der Waals surface area (Å²) in [6, 6.07) is 1.95. The van der Waals surface area contributed by atoms with Crippen LogP contribution in [0.25, 0.3) is 0 Å². The van der Waals surface area contributed by atoms with E-state index in [4.69, 9.17) is 10.5 Å². The Labute approximate surface area is 110 Å². The normalized spacial score (nSPS) is 11.9. The highest BCUT2D eigenvalue weighted by molar-refractivity contribution is 5.50. The van der Waals surface area contributed by atoms with E-state index in [9.17, 15) is 0 Å². The van der Waals surface area contributed by atoms with Crippen LogP contribution in [-0.4, -0.2) is 37.1 Å². The number of hydrogen-bond acceptors (Lipinski definition) is 4. The van der Waals surface area contributed by atoms with Gasteiger partial charge in [-0.25, -0.2) is 4.98 Å². The molecule has 0 unspecified atom stereocenters. The van der Waals surface area contributed by atoms with Crippen LogP contribution in [0.5, 0.6) is 5.88 Å². The van der Waals surface area contributed by atoms with E-state index >= 15 is 0 Å². The second kappa shape index (κ2) is 6.05. The Morgan fingerprint density at radius 2 is 2.00 bits per heavy atom. The minimum Gasteiger partial charge on any atom is -0.476 e. The van der Waals surface area contributed by atoms with Crippen molar-refractivity contribution >= 4 is 5.69 Å². The number of hydrogen-bond donors (Lipinski definition) is 1. The maximum Gasteiger partial charge on any atom is 0.237 e. The molecular weight excluding hydrogens is 226 g/mol. The number of rotatable bonds is 5. The van der Waals surface area contributed by atoms with Crippen LogP contribution in [0, 0.1) is 0 Å². The molecule has 0 fully saturated rings. The lowest BCUT2D eigenvalue weighted by Gasteiger charge is -2.19. The van der Waals surface area contributed by atoms with Crippen molar-refractivity contribution in [2.75, 3.05) is 33.0 Å². The molecule has 0 atom stereocenters. The number of anilines is 1. The van der Waals surface area contributed by atoms with Crippen LogP contribution in [0.2, 0.25) is 0 Å². The molecule has 0 saturated heterocycles. The fourth-order valence-corrected chi connectivity index (χ4v) is 1.55. The summed E-state index contributed by atoms with van der Waals surface area (Å²) in [4.78, 5) is 6.43. The SMILES string of the molecule is CN(C)CCCOc1ncc(C(C)(C)C)cc1N. The van der Waals surface area contributed by atoms with Crippen LogP contribution in [0.4, 0.5) is 5.69 Å². The number of nitrogens with two attached hydrogens (primary N) is 1. The number of ether oxygens (including phenoxy) is 1. The Morgan fingerprint density at radius 3 is 2.50 bits per heavy atom. The van der Waals surface area contributed by atoms with Crippen LogP contribution in [0.15, 0.2) is 12.3 Å². The highest BCUT2D eigenvalue weighted by atomic mass is 16.5. The van der Waals surface area contributed by atoms with Gasteiger partial charge in [0.05, 0.1) is 12.3 Å². The topological polar surface area (TPSA) is 51.4 Å². The van der Waals surface area contributed by atoms with E-state index in [-0.39, 0.29) is 5.41 Å². The van der Waals surface area contributed by atoms with Gasteiger partial charge in [-0.2, -0.15) is 0 Å². The lowest BCUT2D eigenvalue weighted by Crippen LogP contribution is -2.16. The quantitative estimate of drug-likeness (QED) is 0.816. The third-order valence-corrected chi connectivity index (χ3v) is 2.73. The van der Waals surface area contributed by atoms with Gasteiger partial charge in [0, 0.05) is 12.7 Å². The fraction of sp³-hybridized carbons (Fsp3) is 0.643. The standard InChI is InChI=1S/C14H25N3O/c1-14(2,3)11-9-12(15)13(16-10-11)18-8-6-7-17(4)5/h9-10H,6-8,15H2,1-5H3. The number of aromatic nitrogens is 1. The summed E-state index contributed by atoms with van der Waals surface area (Å²) < 4.78 is 5.59. The van der Waals surface area contributed by atoms with E-state index in [2.05, 4.69) is 30.7 Å². The number of pyridine rings is 1. The number of nitrogen functional groups attached to an aromatic ring is 1. The van der Waals surface area contributed by atoms with E-state index in [0.29, 0.717) is 18.2 Å². The first-order chi connectivity index (χ1) is 8.30. The highest BCUT2D eigenvalue weighted by Crippen LogP contribution is 2.27. The first kappa shape index (κ1) is 14.8. The van der Waals surface area contributed by atoms with Gasteiger partial charge in [0.2, 0.25) is 5.88 Å². The molecule has 0 spiro atoms. The van der Waals surface area contributed by atoms with Crippen molar-refractivity contribution in [2.24, 2.45) is 0 Å². The smallest absolute Gasteiger partial charge is 0.237 e. The second-order valence-corrected chi connectivity index (χ2v) is 5.87. The van der Waals surface area contributed by atoms with E-state index in [1.807, 2.05) is 26.4 Å². The van der Waals surface area contributed by atoms with Crippen molar-refractivity contribution in [3.05, 3.63) is 17.8 Å². The van der Waals surface area contributed by atoms with Gasteiger partial charge >= 0.3 is 0 Å². The molecule has 0 bridgehead atoms. The van der Waals surface area contributed by atoms with Gasteiger partial charge in [0.25, 0.3) is 0 Å². The Bertz CT molecular complexity index is 383. The van der Waals surface area contributed by atoms with Crippen molar-refractivity contribution < 1.29 is 4.74 Å². The van der Waals surface area contributed by atoms with Gasteiger partial charge in [-0.1, -0.05) is 20.8 Å². The Hall–Kier alpha value is -1.29. The monoisotopic (exact) mass is 251 g/mol. The Kier molecular flexibility index (Phi) is 4.96. The summed E-state index contributed by atoms with van der Waals surface area (Å²) >= 11 is 0. The van der Waals surface area contributed by atoms with Gasteiger partial charge in [-0.15, -0.1) is 0 Å². The first-order valence-corrected chi connectivity index (χ1v) is 6.34. The molecule has 0 aliphatic carbocycles. The molecule has 1 heterocycles. The molecule has 0 aliphatic rings. The predicted octanol–water partition coefficient (Wildman–Crippen LogP) is 2.29. The zero-order chi connectivity index (χ0) is 13.8. The fourth-order valence-electron chi connectivity index (χ4n) is 1.55. The van der Waals surface area contributed by atoms with Crippen molar-refractivity contribution in [3.63, 3.8) is 0 Å². The molecule has 1 aromatic rings. The van der Waals surface area contributed by atoms with Gasteiger partial charge in [-0.3, -0.25) is 0 Å². The maximum atomic E-state index is 5.96. The van der Waals surface area contributed by atoms with Crippen molar-refractivity contribution in [1.82, 2.24) is 9.88 Å². The van der Waals surface area contributed by atoms with Crippen LogP contribution >= 0.6 is 0 Å². The molecule has 4 nitrogen and oxygen atoms in total. The minimum atomic E-state index is 0.0601. The molecule has 102 valence electrons. The van der Waals surface area contributed by atoms with Gasteiger partial charge < -0.3 is 15.4 Å². The van der Waals surface area contributed by atoms with E-state index in [0.717, 1.165) is 18.5 Å². The van der Waals surface area contributed by atoms with Gasteiger partial charge in [0.15, 0.2) is 0 Å². The average Bonchev–Trinajstić information content (AvgIpc) is 2.24. The molecule has 4 heteroatoms. The van der Waals surface area contributed by atoms with Crippen molar-refractivity contribution in [1.29, 1.82) is 0 Å². The van der Waals surface area contributed by atoms with Gasteiger partial charge in [-0.05, 0) is 37.6 Å². The zero-order valence-corrected chi connectivity index (χ0v) is 12.2. The highest BCUT2D eigenvalue weighted by Gasteiger charge is 2.15. The van der Waals surface area contributed by atoms with E-state index in [1.165, 1.54) is 0 Å². The van der Waals surface area contributed by atoms with Crippen LogP contribution in [0.1, 0.15) is 32.8 Å². The molecule has 0 aromatic carbocycles. The third kappa shape index (κ3) is 4.53. The summed E-state index contributed by atoms with van der Waals surface area (Å²) in [5.41, 5.74) is 7.77. The average molecular weight is 251 g/mol. The third-order valence-electron chi connectivity index (χ3n) is 2.73. The van der Waals surface area contributed by atoms with E-state index in [1.54, 1.807) is 0 Å². The summed E-state index contributed by atoms with van der Waals surface area (Å²) in [5, 5.41) is 0. The molecular formula is C14H25N3O. The van der Waals surface area contributed by atoms with E-state index < -0.39 is 0 Å². The molecule has 18 heavy (non-hydrogen) atoms. The van der Waals surface area contributed by atoms with Crippen LogP contribution in [0.3, 0.4) is 0 Å². The second-order valence-electron chi connectivity index (χ2n) is 5.87. The Balaban J connectivity index is 2.58. The molecule has 0 aliphatic heterocycles. The Morgan fingerprint density at radius 1 is 1.33 bits per heavy atom. The lowest BCUT2D eigenvalue weighted by atomic mass is 9.88. The van der Waals surface area contributed by atoms with Gasteiger partial charge in [0.1, 0.15) is 0 Å². The zero-order valence-electron chi connectivity index (χ0n) is 12.2. The summed E-state index contributed by atoms with van der Waals surface area (Å²) in [7, 11) is 4.09. The maximum absolute atomic E-state index is 5.96. The largest absolute Gasteiger partial charge is 0.476 e.